The van der Waals surface area contributed by atoms with Crippen LogP contribution in [0.25, 0.3) is 21.6 Å². The van der Waals surface area contributed by atoms with Gasteiger partial charge in [0.1, 0.15) is 0 Å². The van der Waals surface area contributed by atoms with E-state index in [1.165, 1.54) is 4.88 Å². The Hall–Kier alpha value is -2.45. The second kappa shape index (κ2) is 10.5. The number of nitrogen functional groups attached to an aromatic ring is 1. The number of nitrogens with two attached hydrogens (primary N) is 1. The van der Waals surface area contributed by atoms with Gasteiger partial charge in [-0.25, -0.2) is 28.4 Å². The van der Waals surface area contributed by atoms with Gasteiger partial charge in [0, 0.05) is 63.1 Å². The number of aromatic nitrogens is 4. The first-order valence-electron chi connectivity index (χ1n) is 12.2. The molecule has 0 amide bonds. The number of ether oxygens (including phenoxy) is 1. The molecule has 0 unspecified atom stereocenters. The maximum atomic E-state index is 12.6. The van der Waals surface area contributed by atoms with Crippen molar-refractivity contribution in [3.05, 3.63) is 23.3 Å². The zero-order valence-electron chi connectivity index (χ0n) is 20.6. The van der Waals surface area contributed by atoms with Gasteiger partial charge in [0.05, 0.1) is 34.7 Å². The van der Waals surface area contributed by atoms with Crippen LogP contribution in [0.5, 0.6) is 0 Å². The van der Waals surface area contributed by atoms with Crippen LogP contribution in [-0.4, -0.2) is 95.8 Å². The molecule has 3 aromatic rings. The number of nitrogens with zero attached hydrogens (tertiary/aromatic N) is 7. The Labute approximate surface area is 215 Å². The zero-order chi connectivity index (χ0) is 25.3. The lowest BCUT2D eigenvalue weighted by Gasteiger charge is -2.34. The zero-order valence-corrected chi connectivity index (χ0v) is 22.3. The number of fused-ring (bicyclic) bond motifs is 1. The molecule has 5 heterocycles. The van der Waals surface area contributed by atoms with Gasteiger partial charge in [0.25, 0.3) is 0 Å². The number of piperazine rings is 1. The predicted molar refractivity (Wildman–Crippen MR) is 141 cm³/mol. The summed E-state index contributed by atoms with van der Waals surface area (Å²) >= 11 is 1.70. The summed E-state index contributed by atoms with van der Waals surface area (Å²) in [7, 11) is -3.19. The van der Waals surface area contributed by atoms with Gasteiger partial charge in [-0.15, -0.1) is 11.3 Å². The fourth-order valence-electron chi connectivity index (χ4n) is 4.53. The molecule has 13 heteroatoms. The minimum Gasteiger partial charge on any atom is -0.378 e. The highest BCUT2D eigenvalue weighted by Gasteiger charge is 2.28. The number of hydrogen-bond donors (Lipinski definition) is 1. The molecule has 0 saturated carbocycles. The topological polar surface area (TPSA) is 131 Å². The summed E-state index contributed by atoms with van der Waals surface area (Å²) in [6.45, 7) is 9.96. The Morgan fingerprint density at radius 1 is 1.06 bits per heavy atom. The third-order valence-corrected chi connectivity index (χ3v) is 9.64. The maximum Gasteiger partial charge on any atom is 0.219 e. The number of thiophene rings is 1. The Kier molecular flexibility index (Phi) is 7.35. The average molecular weight is 533 g/mol. The number of sulfonamides is 1. The van der Waals surface area contributed by atoms with Crippen LogP contribution in [0.15, 0.2) is 18.5 Å². The van der Waals surface area contributed by atoms with Gasteiger partial charge in [-0.1, -0.05) is 13.8 Å². The molecule has 11 nitrogen and oxygen atoms in total. The third-order valence-electron chi connectivity index (χ3n) is 6.29. The van der Waals surface area contributed by atoms with Crippen molar-refractivity contribution in [2.45, 2.75) is 20.4 Å². The number of rotatable bonds is 7. The van der Waals surface area contributed by atoms with Crippen molar-refractivity contribution in [1.29, 1.82) is 0 Å². The molecule has 0 aliphatic carbocycles. The van der Waals surface area contributed by atoms with Crippen LogP contribution in [0, 0.1) is 5.92 Å². The SMILES string of the molecule is CC(C)CS(=O)(=O)N1CCN(Cc2cc3nc(-c4cnc(N)nc4)nc(N4CCOCC4)c3s2)CC1. The molecule has 0 bridgehead atoms. The van der Waals surface area contributed by atoms with Crippen LogP contribution in [0.4, 0.5) is 11.8 Å². The number of morpholine rings is 1. The fraction of sp³-hybridized carbons (Fsp3) is 0.565. The summed E-state index contributed by atoms with van der Waals surface area (Å²) < 4.78 is 33.4. The van der Waals surface area contributed by atoms with Crippen LogP contribution in [-0.2, 0) is 21.3 Å². The standard InChI is InChI=1S/C23H32N8O3S2/c1-16(2)15-36(32,33)31-5-3-29(4-6-31)14-18-11-19-20(35-18)22(30-7-9-34-10-8-30)28-21(27-19)17-12-25-23(24)26-13-17/h11-13,16H,3-10,14-15H2,1-2H3,(H2,24,25,26). The van der Waals surface area contributed by atoms with Crippen molar-refractivity contribution in [1.82, 2.24) is 29.1 Å². The van der Waals surface area contributed by atoms with Crippen LogP contribution in [0.1, 0.15) is 18.7 Å². The highest BCUT2D eigenvalue weighted by Crippen LogP contribution is 2.35. The summed E-state index contributed by atoms with van der Waals surface area (Å²) in [5.41, 5.74) is 7.26. The quantitative estimate of drug-likeness (QED) is 0.479. The van der Waals surface area contributed by atoms with Crippen molar-refractivity contribution in [3.63, 3.8) is 0 Å². The van der Waals surface area contributed by atoms with E-state index in [0.717, 1.165) is 35.7 Å². The van der Waals surface area contributed by atoms with E-state index in [1.807, 2.05) is 13.8 Å². The summed E-state index contributed by atoms with van der Waals surface area (Å²) in [5, 5.41) is 0. The Bertz CT molecular complexity index is 1300. The van der Waals surface area contributed by atoms with Crippen LogP contribution in [0.2, 0.25) is 0 Å². The van der Waals surface area contributed by atoms with E-state index in [-0.39, 0.29) is 17.6 Å². The van der Waals surface area contributed by atoms with E-state index >= 15 is 0 Å². The average Bonchev–Trinajstić information content (AvgIpc) is 3.26. The van der Waals surface area contributed by atoms with Crippen molar-refractivity contribution >= 4 is 43.3 Å². The van der Waals surface area contributed by atoms with Crippen molar-refractivity contribution in [2.24, 2.45) is 5.92 Å². The lowest BCUT2D eigenvalue weighted by molar-refractivity contribution is 0.122. The van der Waals surface area contributed by atoms with Crippen molar-refractivity contribution in [2.75, 3.05) is 68.9 Å². The van der Waals surface area contributed by atoms with E-state index in [1.54, 1.807) is 28.0 Å². The number of anilines is 2. The smallest absolute Gasteiger partial charge is 0.219 e. The summed E-state index contributed by atoms with van der Waals surface area (Å²) in [6.07, 6.45) is 3.29. The van der Waals surface area contributed by atoms with E-state index in [0.29, 0.717) is 50.8 Å². The van der Waals surface area contributed by atoms with Crippen LogP contribution < -0.4 is 10.6 Å². The Balaban J connectivity index is 1.38. The molecule has 0 radical (unpaired) electrons. The molecular weight excluding hydrogens is 500 g/mol. The molecule has 0 spiro atoms. The summed E-state index contributed by atoms with van der Waals surface area (Å²) in [4.78, 5) is 23.7. The minimum absolute atomic E-state index is 0.123. The first-order chi connectivity index (χ1) is 17.3. The van der Waals surface area contributed by atoms with Gasteiger partial charge in [-0.2, -0.15) is 4.31 Å². The molecule has 2 aliphatic heterocycles. The summed E-state index contributed by atoms with van der Waals surface area (Å²) in [6, 6.07) is 2.12. The van der Waals surface area contributed by atoms with Crippen molar-refractivity contribution < 1.29 is 13.2 Å². The van der Waals surface area contributed by atoms with Gasteiger partial charge < -0.3 is 15.4 Å². The highest BCUT2D eigenvalue weighted by molar-refractivity contribution is 7.89. The largest absolute Gasteiger partial charge is 0.378 e. The van der Waals surface area contributed by atoms with Gasteiger partial charge >= 0.3 is 0 Å². The Morgan fingerprint density at radius 3 is 2.42 bits per heavy atom. The maximum absolute atomic E-state index is 12.6. The molecule has 194 valence electrons. The molecule has 0 atom stereocenters. The van der Waals surface area contributed by atoms with E-state index in [4.69, 9.17) is 20.4 Å². The molecule has 3 aromatic heterocycles. The number of hydrogen-bond acceptors (Lipinski definition) is 11. The normalized spacial score (nSPS) is 18.4. The minimum atomic E-state index is -3.19. The fourth-order valence-corrected chi connectivity index (χ4v) is 7.46. The molecule has 36 heavy (non-hydrogen) atoms. The molecule has 2 N–H and O–H groups in total. The second-order valence-electron chi connectivity index (χ2n) is 9.57. The highest BCUT2D eigenvalue weighted by atomic mass is 32.2. The van der Waals surface area contributed by atoms with E-state index in [9.17, 15) is 8.42 Å². The first kappa shape index (κ1) is 25.2. The van der Waals surface area contributed by atoms with Gasteiger partial charge in [-0.3, -0.25) is 4.90 Å². The van der Waals surface area contributed by atoms with Crippen molar-refractivity contribution in [3.8, 4) is 11.4 Å². The van der Waals surface area contributed by atoms with E-state index < -0.39 is 10.0 Å². The lowest BCUT2D eigenvalue weighted by Crippen LogP contribution is -2.49. The Morgan fingerprint density at radius 2 is 1.75 bits per heavy atom. The van der Waals surface area contributed by atoms with E-state index in [2.05, 4.69) is 25.8 Å². The van der Waals surface area contributed by atoms with Gasteiger partial charge in [-0.05, 0) is 12.0 Å². The van der Waals surface area contributed by atoms with Crippen LogP contribution >= 0.6 is 11.3 Å². The van der Waals surface area contributed by atoms with Gasteiger partial charge in [0.2, 0.25) is 16.0 Å². The third kappa shape index (κ3) is 5.59. The summed E-state index contributed by atoms with van der Waals surface area (Å²) in [5.74, 6) is 2.00. The first-order valence-corrected chi connectivity index (χ1v) is 14.6. The molecule has 5 rings (SSSR count). The molecule has 0 aromatic carbocycles. The predicted octanol–water partition coefficient (Wildman–Crippen LogP) is 1.67. The molecule has 2 aliphatic rings. The van der Waals surface area contributed by atoms with Crippen LogP contribution in [0.3, 0.4) is 0 Å². The monoisotopic (exact) mass is 532 g/mol. The molecule has 2 fully saturated rings. The lowest BCUT2D eigenvalue weighted by atomic mass is 10.3. The molecular formula is C23H32N8O3S2. The molecule has 2 saturated heterocycles. The second-order valence-corrected chi connectivity index (χ2v) is 12.7. The van der Waals surface area contributed by atoms with Gasteiger partial charge in [0.15, 0.2) is 11.6 Å².